The van der Waals surface area contributed by atoms with Crippen LogP contribution in [0.15, 0.2) is 65.6 Å². The number of nitrogens with one attached hydrogen (secondary N) is 1. The van der Waals surface area contributed by atoms with Crippen LogP contribution in [0.5, 0.6) is 23.0 Å². The van der Waals surface area contributed by atoms with Crippen molar-refractivity contribution in [3.63, 3.8) is 0 Å². The van der Waals surface area contributed by atoms with Crippen molar-refractivity contribution in [1.29, 1.82) is 0 Å². The molecule has 0 bridgehead atoms. The Morgan fingerprint density at radius 1 is 1.00 bits per heavy atom. The summed E-state index contributed by atoms with van der Waals surface area (Å²) >= 11 is 6.26. The van der Waals surface area contributed by atoms with E-state index in [-0.39, 0.29) is 21.4 Å². The average molecular weight is 557 g/mol. The number of likely N-dealkylation sites (N-methyl/N-ethyl adjacent to an activating group) is 1. The molecule has 198 valence electrons. The maximum atomic E-state index is 13.5. The summed E-state index contributed by atoms with van der Waals surface area (Å²) in [6.07, 6.45) is -4.53. The standard InChI is InChI=1S/C25H24ClF3N2O5S/c1-31-12-11-19(15-31)36-24-13-16(3-9-21(24)25(27,28)29)30-37(32,33)20-8-10-23(22(26)14-20)35-18-6-4-17(34-2)5-7-18/h3-10,13-14,19,30H,11-12,15H2,1-2H3. The van der Waals surface area contributed by atoms with Gasteiger partial charge < -0.3 is 19.1 Å². The van der Waals surface area contributed by atoms with E-state index in [0.717, 1.165) is 18.2 Å². The number of sulfonamides is 1. The predicted molar refractivity (Wildman–Crippen MR) is 133 cm³/mol. The van der Waals surface area contributed by atoms with Crippen LogP contribution in [-0.4, -0.2) is 46.7 Å². The first-order valence-electron chi connectivity index (χ1n) is 11.2. The largest absolute Gasteiger partial charge is 0.497 e. The van der Waals surface area contributed by atoms with Crippen LogP contribution in [0.3, 0.4) is 0 Å². The third kappa shape index (κ3) is 6.60. The Bertz CT molecular complexity index is 1370. The highest BCUT2D eigenvalue weighted by Crippen LogP contribution is 2.39. The first-order chi connectivity index (χ1) is 17.4. The minimum absolute atomic E-state index is 0.0282. The molecule has 3 aromatic rings. The normalized spacial score (nSPS) is 16.4. The van der Waals surface area contributed by atoms with Crippen molar-refractivity contribution in [2.45, 2.75) is 23.6 Å². The molecule has 4 rings (SSSR count). The number of hydrogen-bond donors (Lipinski definition) is 1. The van der Waals surface area contributed by atoms with Crippen molar-refractivity contribution < 1.29 is 35.8 Å². The first-order valence-corrected chi connectivity index (χ1v) is 13.0. The first kappa shape index (κ1) is 26.9. The van der Waals surface area contributed by atoms with E-state index in [1.807, 2.05) is 11.9 Å². The molecule has 37 heavy (non-hydrogen) atoms. The Labute approximate surface area is 217 Å². The van der Waals surface area contributed by atoms with Gasteiger partial charge in [0.05, 0.1) is 28.3 Å². The molecule has 1 aliphatic rings. The van der Waals surface area contributed by atoms with Gasteiger partial charge >= 0.3 is 6.18 Å². The molecule has 1 unspecified atom stereocenters. The number of ether oxygens (including phenoxy) is 3. The molecule has 1 aliphatic heterocycles. The SMILES string of the molecule is COc1ccc(Oc2ccc(S(=O)(=O)Nc3ccc(C(F)(F)F)c(OC4CCN(C)C4)c3)cc2Cl)cc1. The van der Waals surface area contributed by atoms with Crippen molar-refractivity contribution >= 4 is 27.3 Å². The fourth-order valence-corrected chi connectivity index (χ4v) is 5.16. The van der Waals surface area contributed by atoms with Gasteiger partial charge in [-0.1, -0.05) is 11.6 Å². The molecule has 0 aliphatic carbocycles. The molecule has 12 heteroatoms. The molecule has 1 saturated heterocycles. The number of nitrogens with zero attached hydrogens (tertiary/aromatic N) is 1. The zero-order valence-electron chi connectivity index (χ0n) is 19.9. The monoisotopic (exact) mass is 556 g/mol. The lowest BCUT2D eigenvalue weighted by Gasteiger charge is -2.19. The van der Waals surface area contributed by atoms with Crippen molar-refractivity contribution in [2.75, 3.05) is 32.0 Å². The zero-order chi connectivity index (χ0) is 26.8. The van der Waals surface area contributed by atoms with Crippen LogP contribution < -0.4 is 18.9 Å². The van der Waals surface area contributed by atoms with Crippen molar-refractivity contribution in [1.82, 2.24) is 4.90 Å². The van der Waals surface area contributed by atoms with Crippen molar-refractivity contribution in [3.05, 3.63) is 71.2 Å². The third-order valence-electron chi connectivity index (χ3n) is 5.68. The van der Waals surface area contributed by atoms with Gasteiger partial charge in [-0.3, -0.25) is 4.72 Å². The molecule has 7 nitrogen and oxygen atoms in total. The van der Waals surface area contributed by atoms with Gasteiger partial charge in [-0.05, 0) is 68.1 Å². The summed E-state index contributed by atoms with van der Waals surface area (Å²) in [5.41, 5.74) is -1.06. The van der Waals surface area contributed by atoms with Gasteiger partial charge in [0, 0.05) is 19.2 Å². The fraction of sp³-hybridized carbons (Fsp3) is 0.280. The van der Waals surface area contributed by atoms with E-state index in [4.69, 9.17) is 25.8 Å². The molecular weight excluding hydrogens is 533 g/mol. The van der Waals surface area contributed by atoms with E-state index in [1.165, 1.54) is 25.3 Å². The second-order valence-electron chi connectivity index (χ2n) is 8.47. The summed E-state index contributed by atoms with van der Waals surface area (Å²) in [6, 6.07) is 13.5. The van der Waals surface area contributed by atoms with Crippen molar-refractivity contribution in [2.24, 2.45) is 0 Å². The van der Waals surface area contributed by atoms with Gasteiger partial charge in [0.15, 0.2) is 0 Å². The van der Waals surface area contributed by atoms with Crippen LogP contribution in [-0.2, 0) is 16.2 Å². The number of methoxy groups -OCH3 is 1. The summed E-state index contributed by atoms with van der Waals surface area (Å²) in [5, 5.41) is 0.0282. The Morgan fingerprint density at radius 3 is 2.30 bits per heavy atom. The van der Waals surface area contributed by atoms with Crippen LogP contribution in [0.4, 0.5) is 18.9 Å². The summed E-state index contributed by atoms with van der Waals surface area (Å²) in [5.74, 6) is 0.882. The van der Waals surface area contributed by atoms with Gasteiger partial charge in [0.25, 0.3) is 10.0 Å². The zero-order valence-corrected chi connectivity index (χ0v) is 21.5. The third-order valence-corrected chi connectivity index (χ3v) is 7.36. The summed E-state index contributed by atoms with van der Waals surface area (Å²) in [7, 11) is -0.808. The number of benzene rings is 3. The molecule has 1 fully saturated rings. The minimum Gasteiger partial charge on any atom is -0.497 e. The van der Waals surface area contributed by atoms with Crippen LogP contribution in [0, 0.1) is 0 Å². The van der Waals surface area contributed by atoms with E-state index < -0.39 is 33.6 Å². The molecule has 0 saturated carbocycles. The lowest BCUT2D eigenvalue weighted by atomic mass is 10.1. The topological polar surface area (TPSA) is 77.1 Å². The molecule has 1 heterocycles. The van der Waals surface area contributed by atoms with Crippen LogP contribution in [0.2, 0.25) is 5.02 Å². The molecular formula is C25H24ClF3N2O5S. The number of hydrogen-bond acceptors (Lipinski definition) is 6. The number of alkyl halides is 3. The Hall–Kier alpha value is -3.15. The summed E-state index contributed by atoms with van der Waals surface area (Å²) in [4.78, 5) is 1.75. The van der Waals surface area contributed by atoms with Crippen LogP contribution in [0.25, 0.3) is 0 Å². The van der Waals surface area contributed by atoms with E-state index >= 15 is 0 Å². The number of rotatable bonds is 8. The Morgan fingerprint density at radius 2 is 1.70 bits per heavy atom. The fourth-order valence-electron chi connectivity index (χ4n) is 3.80. The van der Waals surface area contributed by atoms with Gasteiger partial charge in [-0.15, -0.1) is 0 Å². The van der Waals surface area contributed by atoms with Crippen LogP contribution in [0.1, 0.15) is 12.0 Å². The molecule has 0 aromatic heterocycles. The highest BCUT2D eigenvalue weighted by Gasteiger charge is 2.36. The lowest BCUT2D eigenvalue weighted by molar-refractivity contribution is -0.139. The van der Waals surface area contributed by atoms with Crippen LogP contribution >= 0.6 is 11.6 Å². The highest BCUT2D eigenvalue weighted by atomic mass is 35.5. The van der Waals surface area contributed by atoms with E-state index in [0.29, 0.717) is 31.0 Å². The smallest absolute Gasteiger partial charge is 0.419 e. The number of anilines is 1. The van der Waals surface area contributed by atoms with E-state index in [2.05, 4.69) is 4.72 Å². The maximum Gasteiger partial charge on any atom is 0.419 e. The molecule has 0 amide bonds. The molecule has 0 spiro atoms. The predicted octanol–water partition coefficient (Wildman–Crippen LogP) is 6.04. The maximum absolute atomic E-state index is 13.5. The molecule has 3 aromatic carbocycles. The van der Waals surface area contributed by atoms with Gasteiger partial charge in [-0.25, -0.2) is 8.42 Å². The summed E-state index contributed by atoms with van der Waals surface area (Å²) < 4.78 is 85.3. The second-order valence-corrected chi connectivity index (χ2v) is 10.6. The van der Waals surface area contributed by atoms with Crippen molar-refractivity contribution in [3.8, 4) is 23.0 Å². The Balaban J connectivity index is 1.54. The number of likely N-dealkylation sites (tertiary alicyclic amines) is 1. The molecule has 1 N–H and O–H groups in total. The Kier molecular flexibility index (Phi) is 7.77. The average Bonchev–Trinajstić information content (AvgIpc) is 3.24. The van der Waals surface area contributed by atoms with Gasteiger partial charge in [-0.2, -0.15) is 13.2 Å². The minimum atomic E-state index is -4.66. The highest BCUT2D eigenvalue weighted by molar-refractivity contribution is 7.92. The second kappa shape index (κ2) is 10.7. The number of halogens is 4. The molecule has 0 radical (unpaired) electrons. The van der Waals surface area contributed by atoms with Gasteiger partial charge in [0.2, 0.25) is 0 Å². The summed E-state index contributed by atoms with van der Waals surface area (Å²) in [6.45, 7) is 1.16. The van der Waals surface area contributed by atoms with E-state index in [1.54, 1.807) is 24.3 Å². The quantitative estimate of drug-likeness (QED) is 0.364. The lowest BCUT2D eigenvalue weighted by Crippen LogP contribution is -2.23. The molecule has 1 atom stereocenters. The van der Waals surface area contributed by atoms with E-state index in [9.17, 15) is 21.6 Å². The van der Waals surface area contributed by atoms with Gasteiger partial charge in [0.1, 0.15) is 29.1 Å².